The number of nitrogens with one attached hydrogen (secondary N) is 1. The number of fused-ring (bicyclic) bond motifs is 2. The minimum absolute atomic E-state index is 0.218. The molecule has 2 rings (SSSR count). The predicted molar refractivity (Wildman–Crippen MR) is 70.9 cm³/mol. The normalized spacial score (nSPS) is 35.4. The van der Waals surface area contributed by atoms with Gasteiger partial charge in [-0.2, -0.15) is 0 Å². The Morgan fingerprint density at radius 2 is 2.35 bits per heavy atom. The molecule has 2 saturated carbocycles. The first-order chi connectivity index (χ1) is 8.16. The van der Waals surface area contributed by atoms with Gasteiger partial charge in [0.1, 0.15) is 0 Å². The van der Waals surface area contributed by atoms with Crippen molar-refractivity contribution in [3.05, 3.63) is 12.2 Å². The maximum Gasteiger partial charge on any atom is 0.0672 e. The summed E-state index contributed by atoms with van der Waals surface area (Å²) >= 11 is 0. The molecule has 0 spiro atoms. The third kappa shape index (κ3) is 2.90. The van der Waals surface area contributed by atoms with Crippen molar-refractivity contribution in [2.75, 3.05) is 26.3 Å². The van der Waals surface area contributed by atoms with Crippen LogP contribution in [-0.4, -0.2) is 31.8 Å². The van der Waals surface area contributed by atoms with Crippen LogP contribution >= 0.6 is 0 Å². The molecule has 2 fully saturated rings. The lowest BCUT2D eigenvalue weighted by Crippen LogP contribution is -2.55. The summed E-state index contributed by atoms with van der Waals surface area (Å²) in [7, 11) is 0. The van der Waals surface area contributed by atoms with Gasteiger partial charge in [-0.25, -0.2) is 0 Å². The summed E-state index contributed by atoms with van der Waals surface area (Å²) < 4.78 is 5.52. The zero-order valence-corrected chi connectivity index (χ0v) is 11.0. The van der Waals surface area contributed by atoms with Gasteiger partial charge in [-0.05, 0) is 38.0 Å². The smallest absolute Gasteiger partial charge is 0.0672 e. The second-order valence-electron chi connectivity index (χ2n) is 5.88. The fourth-order valence-corrected chi connectivity index (χ4v) is 3.60. The van der Waals surface area contributed by atoms with Crippen molar-refractivity contribution in [1.82, 2.24) is 5.32 Å². The quantitative estimate of drug-likeness (QED) is 0.524. The van der Waals surface area contributed by atoms with Gasteiger partial charge in [0.05, 0.1) is 13.2 Å². The van der Waals surface area contributed by atoms with Gasteiger partial charge in [0, 0.05) is 18.6 Å². The maximum atomic E-state index is 6.00. The maximum absolute atomic E-state index is 6.00. The molecule has 3 N–H and O–H groups in total. The number of ether oxygens (including phenoxy) is 1. The Labute approximate surface area is 105 Å². The van der Waals surface area contributed by atoms with Crippen molar-refractivity contribution in [2.45, 2.75) is 38.1 Å². The molecule has 0 heterocycles. The molecule has 0 aromatic heterocycles. The molecule has 98 valence electrons. The van der Waals surface area contributed by atoms with E-state index in [1.165, 1.54) is 25.7 Å². The summed E-state index contributed by atoms with van der Waals surface area (Å²) in [5, 5.41) is 3.67. The van der Waals surface area contributed by atoms with Crippen molar-refractivity contribution in [3.63, 3.8) is 0 Å². The van der Waals surface area contributed by atoms with E-state index in [0.29, 0.717) is 6.61 Å². The summed E-state index contributed by atoms with van der Waals surface area (Å²) in [6.45, 7) is 8.93. The van der Waals surface area contributed by atoms with Gasteiger partial charge < -0.3 is 15.8 Å². The Hall–Kier alpha value is -0.380. The first-order valence-electron chi connectivity index (χ1n) is 6.83. The second-order valence-corrected chi connectivity index (χ2v) is 5.88. The molecule has 3 atom stereocenters. The number of nitrogens with two attached hydrogens (primary N) is 1. The fraction of sp³-hybridized carbons (Fsp3) is 0.857. The Kier molecular flexibility index (Phi) is 4.23. The highest BCUT2D eigenvalue weighted by molar-refractivity contribution is 5.06. The van der Waals surface area contributed by atoms with Gasteiger partial charge in [-0.3, -0.25) is 0 Å². The van der Waals surface area contributed by atoms with Crippen LogP contribution in [0.4, 0.5) is 0 Å². The number of hydrogen-bond donors (Lipinski definition) is 2. The van der Waals surface area contributed by atoms with Gasteiger partial charge in [0.15, 0.2) is 0 Å². The van der Waals surface area contributed by atoms with Crippen LogP contribution in [0.3, 0.4) is 0 Å². The molecular weight excluding hydrogens is 212 g/mol. The average molecular weight is 238 g/mol. The molecule has 0 saturated heterocycles. The Morgan fingerprint density at radius 1 is 1.53 bits per heavy atom. The molecule has 2 aliphatic carbocycles. The van der Waals surface area contributed by atoms with Gasteiger partial charge in [-0.15, -0.1) is 0 Å². The van der Waals surface area contributed by atoms with Gasteiger partial charge >= 0.3 is 0 Å². The van der Waals surface area contributed by atoms with Crippen LogP contribution in [0.5, 0.6) is 0 Å². The Morgan fingerprint density at radius 3 is 2.88 bits per heavy atom. The summed E-state index contributed by atoms with van der Waals surface area (Å²) in [5.41, 5.74) is 7.30. The van der Waals surface area contributed by atoms with E-state index in [0.717, 1.165) is 37.1 Å². The highest BCUT2D eigenvalue weighted by atomic mass is 16.5. The average Bonchev–Trinajstić information content (AvgIpc) is 2.88. The topological polar surface area (TPSA) is 47.3 Å². The largest absolute Gasteiger partial charge is 0.376 e. The van der Waals surface area contributed by atoms with Crippen LogP contribution < -0.4 is 11.1 Å². The molecule has 0 aromatic carbocycles. The Balaban J connectivity index is 1.71. The van der Waals surface area contributed by atoms with Crippen LogP contribution in [-0.2, 0) is 4.74 Å². The van der Waals surface area contributed by atoms with E-state index in [2.05, 4.69) is 11.9 Å². The van der Waals surface area contributed by atoms with Crippen molar-refractivity contribution in [1.29, 1.82) is 0 Å². The number of hydrogen-bond acceptors (Lipinski definition) is 3. The molecule has 0 radical (unpaired) electrons. The standard InChI is InChI=1S/C14H26N2O/c1-11(2)9-17-6-5-16-14(10-15)8-12-3-4-13(14)7-12/h12-13,16H,1,3-10,15H2,2H3. The van der Waals surface area contributed by atoms with Crippen LogP contribution in [0.15, 0.2) is 12.2 Å². The Bertz CT molecular complexity index is 279. The monoisotopic (exact) mass is 238 g/mol. The van der Waals surface area contributed by atoms with E-state index in [4.69, 9.17) is 10.5 Å². The fourth-order valence-electron chi connectivity index (χ4n) is 3.60. The summed E-state index contributed by atoms with van der Waals surface area (Å²) in [4.78, 5) is 0. The van der Waals surface area contributed by atoms with E-state index in [1.54, 1.807) is 0 Å². The third-order valence-corrected chi connectivity index (χ3v) is 4.41. The summed E-state index contributed by atoms with van der Waals surface area (Å²) in [6, 6.07) is 0. The second kappa shape index (κ2) is 5.51. The first kappa shape index (κ1) is 13.1. The van der Waals surface area contributed by atoms with E-state index in [-0.39, 0.29) is 5.54 Å². The van der Waals surface area contributed by atoms with Crippen molar-refractivity contribution in [2.24, 2.45) is 17.6 Å². The van der Waals surface area contributed by atoms with Gasteiger partial charge in [0.25, 0.3) is 0 Å². The van der Waals surface area contributed by atoms with Crippen molar-refractivity contribution in [3.8, 4) is 0 Å². The SMILES string of the molecule is C=C(C)COCCNC1(CN)CC2CCC1C2. The molecule has 3 heteroatoms. The lowest BCUT2D eigenvalue weighted by molar-refractivity contribution is 0.135. The van der Waals surface area contributed by atoms with Gasteiger partial charge in [0.2, 0.25) is 0 Å². The zero-order valence-electron chi connectivity index (χ0n) is 11.0. The van der Waals surface area contributed by atoms with E-state index >= 15 is 0 Å². The molecule has 0 amide bonds. The molecule has 0 aliphatic heterocycles. The molecule has 2 bridgehead atoms. The van der Waals surface area contributed by atoms with E-state index in [9.17, 15) is 0 Å². The van der Waals surface area contributed by atoms with Crippen molar-refractivity contribution < 1.29 is 4.74 Å². The molecule has 2 aliphatic rings. The highest BCUT2D eigenvalue weighted by Crippen LogP contribution is 2.50. The molecular formula is C14H26N2O. The van der Waals surface area contributed by atoms with Crippen LogP contribution in [0.2, 0.25) is 0 Å². The molecule has 3 unspecified atom stereocenters. The minimum atomic E-state index is 0.218. The van der Waals surface area contributed by atoms with E-state index in [1.807, 2.05) is 6.92 Å². The molecule has 3 nitrogen and oxygen atoms in total. The van der Waals surface area contributed by atoms with E-state index < -0.39 is 0 Å². The van der Waals surface area contributed by atoms with Crippen LogP contribution in [0.1, 0.15) is 32.6 Å². The number of rotatable bonds is 7. The van der Waals surface area contributed by atoms with Gasteiger partial charge in [-0.1, -0.05) is 18.6 Å². The summed E-state index contributed by atoms with van der Waals surface area (Å²) in [5.74, 6) is 1.73. The lowest BCUT2D eigenvalue weighted by atomic mass is 9.81. The minimum Gasteiger partial charge on any atom is -0.376 e. The lowest BCUT2D eigenvalue weighted by Gasteiger charge is -2.38. The third-order valence-electron chi connectivity index (χ3n) is 4.41. The first-order valence-corrected chi connectivity index (χ1v) is 6.83. The van der Waals surface area contributed by atoms with Crippen molar-refractivity contribution >= 4 is 0 Å². The predicted octanol–water partition coefficient (Wildman–Crippen LogP) is 1.69. The van der Waals surface area contributed by atoms with Crippen LogP contribution in [0.25, 0.3) is 0 Å². The summed E-state index contributed by atoms with van der Waals surface area (Å²) in [6.07, 6.45) is 5.44. The molecule has 17 heavy (non-hydrogen) atoms. The molecule has 0 aromatic rings. The zero-order chi connectivity index (χ0) is 12.3. The van der Waals surface area contributed by atoms with Crippen LogP contribution in [0, 0.1) is 11.8 Å². The highest BCUT2D eigenvalue weighted by Gasteiger charge is 2.49.